The fourth-order valence-corrected chi connectivity index (χ4v) is 3.19. The van der Waals surface area contributed by atoms with Crippen LogP contribution in [0.4, 0.5) is 5.82 Å². The maximum absolute atomic E-state index is 12.6. The van der Waals surface area contributed by atoms with Crippen molar-refractivity contribution in [1.29, 1.82) is 0 Å². The van der Waals surface area contributed by atoms with Gasteiger partial charge in [0.15, 0.2) is 5.82 Å². The average molecular weight is 380 g/mol. The molecule has 0 unspecified atom stereocenters. The highest BCUT2D eigenvalue weighted by molar-refractivity contribution is 6.29. The Morgan fingerprint density at radius 3 is 2.30 bits per heavy atom. The van der Waals surface area contributed by atoms with Crippen LogP contribution in [0, 0.1) is 0 Å². The largest absolute Gasteiger partial charge is 0.352 e. The van der Waals surface area contributed by atoms with Gasteiger partial charge in [0.05, 0.1) is 11.3 Å². The van der Waals surface area contributed by atoms with Gasteiger partial charge in [-0.25, -0.2) is 4.98 Å². The first-order chi connectivity index (χ1) is 13.2. The Bertz CT molecular complexity index is 907. The fraction of sp³-hybridized carbons (Fsp3) is 0.200. The van der Waals surface area contributed by atoms with Crippen LogP contribution in [0.5, 0.6) is 0 Å². The molecule has 6 nitrogen and oxygen atoms in total. The van der Waals surface area contributed by atoms with E-state index < -0.39 is 0 Å². The van der Waals surface area contributed by atoms with Gasteiger partial charge in [-0.05, 0) is 24.3 Å². The number of hydrogen-bond acceptors (Lipinski definition) is 5. The van der Waals surface area contributed by atoms with Crippen molar-refractivity contribution >= 4 is 23.3 Å². The Morgan fingerprint density at radius 2 is 1.67 bits per heavy atom. The molecule has 2 aromatic heterocycles. The van der Waals surface area contributed by atoms with E-state index in [1.165, 1.54) is 6.20 Å². The molecule has 4 rings (SSSR count). The molecule has 0 spiro atoms. The number of amides is 1. The molecule has 0 bridgehead atoms. The standard InChI is InChI=1S/C20H18ClN5O/c21-18-8-6-16(14-22-18)20(27)26-12-10-25(11-13-26)19-9-7-17(23-24-19)15-4-2-1-3-5-15/h1-9,14H,10-13H2. The molecule has 0 atom stereocenters. The van der Waals surface area contributed by atoms with Crippen LogP contribution in [-0.2, 0) is 0 Å². The SMILES string of the molecule is O=C(c1ccc(Cl)nc1)N1CCN(c2ccc(-c3ccccc3)nn2)CC1. The zero-order valence-corrected chi connectivity index (χ0v) is 15.4. The van der Waals surface area contributed by atoms with Gasteiger partial charge in [0, 0.05) is 37.9 Å². The number of benzene rings is 1. The molecule has 27 heavy (non-hydrogen) atoms. The third kappa shape index (κ3) is 3.90. The highest BCUT2D eigenvalue weighted by Crippen LogP contribution is 2.19. The molecular formula is C20H18ClN5O. The second-order valence-electron chi connectivity index (χ2n) is 6.29. The van der Waals surface area contributed by atoms with Crippen molar-refractivity contribution in [1.82, 2.24) is 20.1 Å². The van der Waals surface area contributed by atoms with Gasteiger partial charge in [-0.3, -0.25) is 4.79 Å². The predicted molar refractivity (Wildman–Crippen MR) is 105 cm³/mol. The molecule has 136 valence electrons. The number of piperazine rings is 1. The van der Waals surface area contributed by atoms with Crippen molar-refractivity contribution in [2.24, 2.45) is 0 Å². The maximum atomic E-state index is 12.6. The first-order valence-corrected chi connectivity index (χ1v) is 9.13. The maximum Gasteiger partial charge on any atom is 0.255 e. The van der Waals surface area contributed by atoms with Gasteiger partial charge in [0.1, 0.15) is 5.15 Å². The third-order valence-electron chi connectivity index (χ3n) is 4.59. The Hall–Kier alpha value is -2.99. The van der Waals surface area contributed by atoms with Crippen LogP contribution < -0.4 is 4.90 Å². The summed E-state index contributed by atoms with van der Waals surface area (Å²) in [6, 6.07) is 17.3. The van der Waals surface area contributed by atoms with E-state index in [9.17, 15) is 4.79 Å². The van der Waals surface area contributed by atoms with E-state index >= 15 is 0 Å². The highest BCUT2D eigenvalue weighted by atomic mass is 35.5. The lowest BCUT2D eigenvalue weighted by atomic mass is 10.1. The van der Waals surface area contributed by atoms with Gasteiger partial charge in [-0.15, -0.1) is 10.2 Å². The molecule has 0 aliphatic carbocycles. The van der Waals surface area contributed by atoms with Crippen molar-refractivity contribution in [3.63, 3.8) is 0 Å². The number of halogens is 1. The number of carbonyl (C=O) groups excluding carboxylic acids is 1. The van der Waals surface area contributed by atoms with E-state index in [4.69, 9.17) is 11.6 Å². The third-order valence-corrected chi connectivity index (χ3v) is 4.81. The second kappa shape index (κ2) is 7.72. The molecule has 3 heterocycles. The summed E-state index contributed by atoms with van der Waals surface area (Å²) in [4.78, 5) is 20.5. The molecular weight excluding hydrogens is 362 g/mol. The van der Waals surface area contributed by atoms with E-state index in [1.807, 2.05) is 47.4 Å². The van der Waals surface area contributed by atoms with Gasteiger partial charge >= 0.3 is 0 Å². The normalized spacial score (nSPS) is 14.3. The molecule has 1 aliphatic heterocycles. The molecule has 3 aromatic rings. The van der Waals surface area contributed by atoms with Gasteiger partial charge < -0.3 is 9.80 Å². The van der Waals surface area contributed by atoms with Crippen molar-refractivity contribution in [2.75, 3.05) is 31.1 Å². The van der Waals surface area contributed by atoms with Crippen molar-refractivity contribution in [2.45, 2.75) is 0 Å². The zero-order valence-electron chi connectivity index (χ0n) is 14.6. The number of rotatable bonds is 3. The molecule has 0 radical (unpaired) electrons. The minimum absolute atomic E-state index is 0.0238. The minimum Gasteiger partial charge on any atom is -0.352 e. The van der Waals surface area contributed by atoms with E-state index in [0.717, 1.165) is 17.1 Å². The van der Waals surface area contributed by atoms with Gasteiger partial charge in [0.25, 0.3) is 5.91 Å². The summed E-state index contributed by atoms with van der Waals surface area (Å²) in [5.41, 5.74) is 2.45. The summed E-state index contributed by atoms with van der Waals surface area (Å²) in [6.07, 6.45) is 1.52. The van der Waals surface area contributed by atoms with Crippen LogP contribution in [0.1, 0.15) is 10.4 Å². The molecule has 1 aromatic carbocycles. The molecule has 7 heteroatoms. The molecule has 1 saturated heterocycles. The van der Waals surface area contributed by atoms with Crippen molar-refractivity contribution in [3.05, 3.63) is 71.5 Å². The number of nitrogens with zero attached hydrogens (tertiary/aromatic N) is 5. The van der Waals surface area contributed by atoms with Crippen molar-refractivity contribution in [3.8, 4) is 11.3 Å². The van der Waals surface area contributed by atoms with Crippen LogP contribution in [0.2, 0.25) is 5.15 Å². The Labute approximate surface area is 162 Å². The van der Waals surface area contributed by atoms with Gasteiger partial charge in [0.2, 0.25) is 0 Å². The molecule has 1 fully saturated rings. The van der Waals surface area contributed by atoms with Gasteiger partial charge in [-0.1, -0.05) is 41.9 Å². The second-order valence-corrected chi connectivity index (χ2v) is 6.68. The lowest BCUT2D eigenvalue weighted by Crippen LogP contribution is -2.49. The summed E-state index contributed by atoms with van der Waals surface area (Å²) in [5.74, 6) is 0.805. The van der Waals surface area contributed by atoms with Crippen LogP contribution in [0.25, 0.3) is 11.3 Å². The van der Waals surface area contributed by atoms with E-state index in [0.29, 0.717) is 36.9 Å². The number of pyridine rings is 1. The number of hydrogen-bond donors (Lipinski definition) is 0. The predicted octanol–water partition coefficient (Wildman–Crippen LogP) is 3.15. The smallest absolute Gasteiger partial charge is 0.255 e. The first kappa shape index (κ1) is 17.4. The lowest BCUT2D eigenvalue weighted by molar-refractivity contribution is 0.0746. The topological polar surface area (TPSA) is 62.2 Å². The molecule has 1 aliphatic rings. The summed E-state index contributed by atoms with van der Waals surface area (Å²) < 4.78 is 0. The summed E-state index contributed by atoms with van der Waals surface area (Å²) in [6.45, 7) is 2.69. The number of carbonyl (C=O) groups is 1. The highest BCUT2D eigenvalue weighted by Gasteiger charge is 2.23. The lowest BCUT2D eigenvalue weighted by Gasteiger charge is -2.35. The van der Waals surface area contributed by atoms with Crippen LogP contribution >= 0.6 is 11.6 Å². The van der Waals surface area contributed by atoms with Crippen LogP contribution in [0.15, 0.2) is 60.8 Å². The van der Waals surface area contributed by atoms with Crippen LogP contribution in [0.3, 0.4) is 0 Å². The zero-order chi connectivity index (χ0) is 18.6. The number of anilines is 1. The monoisotopic (exact) mass is 379 g/mol. The van der Waals surface area contributed by atoms with Gasteiger partial charge in [-0.2, -0.15) is 0 Å². The first-order valence-electron chi connectivity index (χ1n) is 8.75. The van der Waals surface area contributed by atoms with E-state index in [2.05, 4.69) is 20.1 Å². The fourth-order valence-electron chi connectivity index (χ4n) is 3.08. The summed E-state index contributed by atoms with van der Waals surface area (Å²) in [7, 11) is 0. The molecule has 0 saturated carbocycles. The van der Waals surface area contributed by atoms with E-state index in [1.54, 1.807) is 12.1 Å². The number of aromatic nitrogens is 3. The molecule has 0 N–H and O–H groups in total. The summed E-state index contributed by atoms with van der Waals surface area (Å²) in [5, 5.41) is 9.09. The Balaban J connectivity index is 1.39. The molecule has 1 amide bonds. The van der Waals surface area contributed by atoms with Crippen LogP contribution in [-0.4, -0.2) is 52.2 Å². The average Bonchev–Trinajstić information content (AvgIpc) is 2.75. The quantitative estimate of drug-likeness (QED) is 0.654. The van der Waals surface area contributed by atoms with E-state index in [-0.39, 0.29) is 5.91 Å². The minimum atomic E-state index is -0.0238. The summed E-state index contributed by atoms with van der Waals surface area (Å²) >= 11 is 5.78. The van der Waals surface area contributed by atoms with Crippen molar-refractivity contribution < 1.29 is 4.79 Å². The Kier molecular flexibility index (Phi) is 4.98. The Morgan fingerprint density at radius 1 is 0.889 bits per heavy atom.